The third-order valence-electron chi connectivity index (χ3n) is 30.8. The van der Waals surface area contributed by atoms with E-state index in [1.165, 1.54) is 164 Å². The highest BCUT2D eigenvalue weighted by molar-refractivity contribution is 5.91. The van der Waals surface area contributed by atoms with Crippen molar-refractivity contribution in [2.45, 2.75) is 504 Å². The van der Waals surface area contributed by atoms with Crippen molar-refractivity contribution in [2.24, 2.45) is 72.4 Å². The first-order chi connectivity index (χ1) is 58.0. The van der Waals surface area contributed by atoms with E-state index < -0.39 is 0 Å². The minimum absolute atomic E-state index is 0. The molecule has 0 aromatic carbocycles. The van der Waals surface area contributed by atoms with Gasteiger partial charge in [0.05, 0.1) is 38.9 Å². The molecule has 762 valence electrons. The van der Waals surface area contributed by atoms with E-state index in [9.17, 15) is 24.0 Å². The molecule has 13 aliphatic rings. The van der Waals surface area contributed by atoms with Gasteiger partial charge in [-0.1, -0.05) is 214 Å². The van der Waals surface area contributed by atoms with Crippen LogP contribution in [0.4, 0.5) is 0 Å². The number of carbonyl (C=O) groups excluding carboxylic acids is 5. The molecule has 8 heterocycles. The average Bonchev–Trinajstić information content (AvgIpc) is 1.58. The van der Waals surface area contributed by atoms with Crippen molar-refractivity contribution < 1.29 is 28.7 Å². The number of likely N-dealkylation sites (tertiary alicyclic amines) is 7. The number of ether oxygens (including phenoxy) is 1. The summed E-state index contributed by atoms with van der Waals surface area (Å²) in [6.45, 7) is 125. The molecule has 0 aromatic rings. The van der Waals surface area contributed by atoms with Crippen LogP contribution >= 0.6 is 0 Å². The van der Waals surface area contributed by atoms with E-state index in [1.54, 1.807) is 0 Å². The molecular weight excluding hydrogens is 1600 g/mol. The van der Waals surface area contributed by atoms with Crippen molar-refractivity contribution in [3.8, 4) is 0 Å². The quantitative estimate of drug-likeness (QED) is 0.169. The first-order valence-corrected chi connectivity index (χ1v) is 52.1. The first-order valence-electron chi connectivity index (χ1n) is 52.1. The van der Waals surface area contributed by atoms with Gasteiger partial charge in [0, 0.05) is 120 Å². The van der Waals surface area contributed by atoms with Crippen LogP contribution in [-0.4, -0.2) is 206 Å². The van der Waals surface area contributed by atoms with Crippen molar-refractivity contribution in [3.05, 3.63) is 48.6 Å². The van der Waals surface area contributed by atoms with Gasteiger partial charge in [-0.2, -0.15) is 0 Å². The second-order valence-corrected chi connectivity index (χ2v) is 56.4. The molecule has 0 amide bonds. The van der Waals surface area contributed by atoms with E-state index in [0.29, 0.717) is 104 Å². The lowest BCUT2D eigenvalue weighted by molar-refractivity contribution is -0.158. The van der Waals surface area contributed by atoms with E-state index in [1.807, 2.05) is 13.8 Å². The number of hydrogen-bond donors (Lipinski definition) is 0. The topological polar surface area (TPSA) is 117 Å². The van der Waals surface area contributed by atoms with Crippen molar-refractivity contribution >= 4 is 28.9 Å². The summed E-state index contributed by atoms with van der Waals surface area (Å²) in [6, 6.07) is 0.0995. The van der Waals surface area contributed by atoms with Gasteiger partial charge in [0.15, 0.2) is 17.3 Å². The predicted octanol–water partition coefficient (Wildman–Crippen LogP) is 29.3. The summed E-state index contributed by atoms with van der Waals surface area (Å²) in [5.74, 6) is 5.52. The number of rotatable bonds is 0. The zero-order valence-electron chi connectivity index (χ0n) is 94.1. The molecule has 13 fully saturated rings. The Morgan fingerprint density at radius 1 is 0.300 bits per heavy atom. The van der Waals surface area contributed by atoms with Gasteiger partial charge in [-0.3, -0.25) is 58.3 Å². The predicted molar refractivity (Wildman–Crippen MR) is 568 cm³/mol. The summed E-state index contributed by atoms with van der Waals surface area (Å²) in [5.41, 5.74) is 10.2. The standard InChI is InChI=1S/C12H23NO.C12H22.C11H21N.C11H20.C10H17NO.C10H19NO.C10H19N.C9H16O.C8H15NO.C8H16O.C8H16.C7H15N.CH4/c1-11(2,3)10-9(14)7-8-13(10)12(4,5)6;1-10-7-5-6-8-11(9-10)12(2,3)4;1-10-7-5-6-8-12(9-10)11(2,3)4;1-9-6-5-7-10(8-9)11(2,3)4;1-9(2,3)11-6-8(12)10(7-11)4-5-10;1-9(2,3)11-6-8(12)10(4,5)7-11;1-9-6-5-7-11(8-9)10(2,3)4;1-9(2,3)7-4-5-8(10)6-7;1-8(2,3)9-5-4-7(10)6-9;1-7(2,3)8(4)5-9-6-8;1-8(2,3)7-5-4-6-7;1-7(2,3)8-5-4-6-8;/h10H,7-8H2,1-6H3;11H,1,5-9H2,2-4H3;1,5-9H2,2-4H3;10H,1,5-8H2,2-4H3;4-7H2,1-3H3;6-7H2,1-5H3;1,5-8H2,2-4H3;7H,4-6H2,1-3H3;4-6H2,1-3H3;5-6H2,1-4H3;7H,4-6H2,1-3H3;4-6H2,1-3H3;1H4. The zero-order valence-corrected chi connectivity index (χ0v) is 94.1. The molecule has 13 heteroatoms. The molecule has 4 atom stereocenters. The van der Waals surface area contributed by atoms with Gasteiger partial charge < -0.3 is 4.74 Å². The van der Waals surface area contributed by atoms with Gasteiger partial charge in [-0.25, -0.2) is 0 Å². The van der Waals surface area contributed by atoms with E-state index >= 15 is 0 Å². The maximum absolute atomic E-state index is 11.8. The van der Waals surface area contributed by atoms with E-state index in [2.05, 4.69) is 338 Å². The fourth-order valence-electron chi connectivity index (χ4n) is 18.7. The Hall–Kier alpha value is -3.01. The van der Waals surface area contributed by atoms with Crippen LogP contribution in [0.2, 0.25) is 0 Å². The third-order valence-corrected chi connectivity index (χ3v) is 30.8. The van der Waals surface area contributed by atoms with Gasteiger partial charge >= 0.3 is 0 Å². The Bertz CT molecular complexity index is 3240. The maximum Gasteiger partial charge on any atom is 0.154 e. The van der Waals surface area contributed by atoms with Crippen LogP contribution in [0.3, 0.4) is 0 Å². The van der Waals surface area contributed by atoms with Gasteiger partial charge in [0.1, 0.15) is 11.6 Å². The molecule has 0 aromatic heterocycles. The number of hydrogen-bond acceptors (Lipinski definition) is 13. The Kier molecular flexibility index (Phi) is 48.8. The van der Waals surface area contributed by atoms with Crippen molar-refractivity contribution in [2.75, 3.05) is 98.3 Å². The molecule has 1 spiro atoms. The summed E-state index contributed by atoms with van der Waals surface area (Å²) in [5, 5.41) is 0. The monoisotopic (exact) mass is 1820 g/mol. The molecule has 5 aliphatic carbocycles. The van der Waals surface area contributed by atoms with Crippen molar-refractivity contribution in [3.63, 3.8) is 0 Å². The Morgan fingerprint density at radius 2 is 0.669 bits per heavy atom. The van der Waals surface area contributed by atoms with Crippen molar-refractivity contribution in [1.82, 2.24) is 34.3 Å². The van der Waals surface area contributed by atoms with Crippen LogP contribution in [0.15, 0.2) is 48.6 Å². The molecule has 0 N–H and O–H groups in total. The van der Waals surface area contributed by atoms with Crippen molar-refractivity contribution in [1.29, 1.82) is 0 Å². The zero-order chi connectivity index (χ0) is 100. The summed E-state index contributed by atoms with van der Waals surface area (Å²) in [4.78, 5) is 73.3. The minimum Gasteiger partial charge on any atom is -0.380 e. The molecule has 5 saturated carbocycles. The lowest BCUT2D eigenvalue weighted by Crippen LogP contribution is -2.51. The Morgan fingerprint density at radius 3 is 0.915 bits per heavy atom. The molecule has 8 saturated heterocycles. The van der Waals surface area contributed by atoms with Crippen LogP contribution in [0, 0.1) is 72.4 Å². The van der Waals surface area contributed by atoms with Crippen LogP contribution in [0.1, 0.15) is 459 Å². The fraction of sp³-hybridized carbons (Fsp3) is 0.889. The highest BCUT2D eigenvalue weighted by Crippen LogP contribution is 2.52. The molecule has 0 bridgehead atoms. The number of nitrogens with zero attached hydrogens (tertiary/aromatic N) is 7. The minimum atomic E-state index is -0.132. The first kappa shape index (κ1) is 125. The lowest BCUT2D eigenvalue weighted by Gasteiger charge is -2.48. The molecule has 130 heavy (non-hydrogen) atoms. The number of allylic oxidation sites excluding steroid dienone is 2. The highest BCUT2D eigenvalue weighted by atomic mass is 16.5. The fourth-order valence-corrected chi connectivity index (χ4v) is 18.7. The largest absolute Gasteiger partial charge is 0.380 e. The molecule has 0 radical (unpaired) electrons. The molecule has 8 aliphatic heterocycles. The van der Waals surface area contributed by atoms with Gasteiger partial charge in [0.25, 0.3) is 0 Å². The lowest BCUT2D eigenvalue weighted by atomic mass is 9.67. The maximum atomic E-state index is 11.8. The van der Waals surface area contributed by atoms with Crippen LogP contribution < -0.4 is 0 Å². The molecule has 13 rings (SSSR count). The normalized spacial score (nSPS) is 24.8. The summed E-state index contributed by atoms with van der Waals surface area (Å²) in [7, 11) is 0. The SMILES string of the molecule is C.C=C1CCCC(C(C)(C)C)C1.C=C1CCCCC(C(C)(C)C)C1.C=C1CCCCN(C(C)(C)C)C1.C=C1CCCN(C(C)(C)C)C1.CC(C)(C)C1(C)COC1.CC(C)(C)C1C(=O)CCN1C(C)(C)C.CC(C)(C)C1CCC(=O)C1.CC(C)(C)C1CCC1.CC(C)(C)N1CC(=O)C2(CC2)C1.CC(C)(C)N1CCC(=O)C1.CC(C)(C)N1CCC1.CC1(C)CN(C(C)(C)C)CC1=O. The smallest absolute Gasteiger partial charge is 0.154 e. The van der Waals surface area contributed by atoms with E-state index in [-0.39, 0.29) is 51.9 Å². The van der Waals surface area contributed by atoms with E-state index in [0.717, 1.165) is 115 Å². The average molecular weight is 1820 g/mol. The molecule has 13 nitrogen and oxygen atoms in total. The third kappa shape index (κ3) is 45.3. The number of piperidine rings is 1. The summed E-state index contributed by atoms with van der Waals surface area (Å²) >= 11 is 0. The van der Waals surface area contributed by atoms with Gasteiger partial charge in [0.2, 0.25) is 0 Å². The Labute approximate surface area is 810 Å². The van der Waals surface area contributed by atoms with E-state index in [4.69, 9.17) is 4.74 Å². The van der Waals surface area contributed by atoms with Crippen LogP contribution in [0.5, 0.6) is 0 Å². The Balaban J connectivity index is 0.000000710. The second kappa shape index (κ2) is 50.7. The van der Waals surface area contributed by atoms with Crippen LogP contribution in [-0.2, 0) is 28.7 Å². The molecule has 4 unspecified atom stereocenters. The number of ketones is 5. The van der Waals surface area contributed by atoms with Gasteiger partial charge in [-0.05, 0) is 350 Å². The summed E-state index contributed by atoms with van der Waals surface area (Å²) < 4.78 is 5.16. The summed E-state index contributed by atoms with van der Waals surface area (Å²) in [6.07, 6.45) is 30.7. The van der Waals surface area contributed by atoms with Gasteiger partial charge in [-0.15, -0.1) is 0 Å². The highest BCUT2D eigenvalue weighted by Gasteiger charge is 2.56. The molecular formula is C117H223N7O6. The second-order valence-electron chi connectivity index (χ2n) is 56.4. The number of Topliss-reactive ketones (excluding diaryl/α,β-unsaturated/α-hetero) is 5. The number of carbonyl (C=O) groups is 5. The van der Waals surface area contributed by atoms with Crippen LogP contribution in [0.25, 0.3) is 0 Å².